The largest absolute Gasteiger partial charge is 0.497 e. The number of esters is 1. The van der Waals surface area contributed by atoms with Crippen molar-refractivity contribution in [3.8, 4) is 5.75 Å². The average Bonchev–Trinajstić information content (AvgIpc) is 3.24. The topological polar surface area (TPSA) is 64.6 Å². The molecule has 2 aromatic carbocycles. The summed E-state index contributed by atoms with van der Waals surface area (Å²) in [7, 11) is 1.63. The first-order valence-corrected chi connectivity index (χ1v) is 9.76. The number of amides is 1. The Morgan fingerprint density at radius 1 is 1.00 bits per heavy atom. The minimum absolute atomic E-state index is 0.240. The maximum atomic E-state index is 12.8. The molecule has 5 nitrogen and oxygen atoms in total. The molecule has 0 heterocycles. The molecule has 1 N–H and O–H groups in total. The fourth-order valence-corrected chi connectivity index (χ4v) is 3.81. The van der Waals surface area contributed by atoms with Crippen molar-refractivity contribution in [2.24, 2.45) is 0 Å². The van der Waals surface area contributed by atoms with Gasteiger partial charge in [0.05, 0.1) is 12.5 Å². The third-order valence-corrected chi connectivity index (χ3v) is 5.40. The van der Waals surface area contributed by atoms with Gasteiger partial charge in [0.2, 0.25) is 0 Å². The third-order valence-electron chi connectivity index (χ3n) is 5.40. The van der Waals surface area contributed by atoms with E-state index >= 15 is 0 Å². The van der Waals surface area contributed by atoms with Crippen LogP contribution >= 0.6 is 0 Å². The van der Waals surface area contributed by atoms with Crippen LogP contribution in [0.15, 0.2) is 54.6 Å². The van der Waals surface area contributed by atoms with E-state index in [1.54, 1.807) is 7.11 Å². The molecule has 3 rings (SSSR count). The molecule has 2 aromatic rings. The van der Waals surface area contributed by atoms with Crippen LogP contribution in [0.4, 0.5) is 0 Å². The molecule has 0 aromatic heterocycles. The van der Waals surface area contributed by atoms with Gasteiger partial charge >= 0.3 is 5.97 Å². The van der Waals surface area contributed by atoms with E-state index in [0.717, 1.165) is 42.6 Å². The molecule has 28 heavy (non-hydrogen) atoms. The highest BCUT2D eigenvalue weighted by molar-refractivity contribution is 5.86. The summed E-state index contributed by atoms with van der Waals surface area (Å²) >= 11 is 0. The van der Waals surface area contributed by atoms with Crippen molar-refractivity contribution >= 4 is 11.9 Å². The number of carbonyl (C=O) groups is 2. The molecular weight excluding hydrogens is 354 g/mol. The van der Waals surface area contributed by atoms with E-state index in [-0.39, 0.29) is 18.5 Å². The second kappa shape index (κ2) is 9.40. The number of ether oxygens (including phenoxy) is 2. The summed E-state index contributed by atoms with van der Waals surface area (Å²) in [6, 6.07) is 17.5. The van der Waals surface area contributed by atoms with Crippen LogP contribution in [0.3, 0.4) is 0 Å². The smallest absolute Gasteiger partial charge is 0.317 e. The maximum Gasteiger partial charge on any atom is 0.317 e. The molecule has 1 aliphatic carbocycles. The molecule has 0 bridgehead atoms. The minimum Gasteiger partial charge on any atom is -0.497 e. The number of hydrogen-bond donors (Lipinski definition) is 1. The predicted octanol–water partition coefficient (Wildman–Crippen LogP) is 3.41. The Morgan fingerprint density at radius 3 is 2.32 bits per heavy atom. The van der Waals surface area contributed by atoms with E-state index in [4.69, 9.17) is 9.47 Å². The molecule has 148 valence electrons. The maximum absolute atomic E-state index is 12.8. The Hall–Kier alpha value is -2.82. The number of carbonyl (C=O) groups excluding carboxylic acids is 2. The Labute approximate surface area is 166 Å². The van der Waals surface area contributed by atoms with Crippen LogP contribution in [0.25, 0.3) is 0 Å². The van der Waals surface area contributed by atoms with E-state index in [1.807, 2.05) is 54.6 Å². The molecule has 0 radical (unpaired) electrons. The van der Waals surface area contributed by atoms with Gasteiger partial charge in [0, 0.05) is 6.54 Å². The fourth-order valence-electron chi connectivity index (χ4n) is 3.81. The van der Waals surface area contributed by atoms with Gasteiger partial charge in [0.15, 0.2) is 6.61 Å². The summed E-state index contributed by atoms with van der Waals surface area (Å²) in [5.41, 5.74) is 1.48. The van der Waals surface area contributed by atoms with Gasteiger partial charge < -0.3 is 14.8 Å². The van der Waals surface area contributed by atoms with Crippen LogP contribution in [0, 0.1) is 0 Å². The van der Waals surface area contributed by atoms with Crippen molar-refractivity contribution in [2.45, 2.75) is 37.5 Å². The zero-order chi connectivity index (χ0) is 19.8. The molecule has 0 spiro atoms. The van der Waals surface area contributed by atoms with E-state index in [1.165, 1.54) is 0 Å². The van der Waals surface area contributed by atoms with E-state index in [0.29, 0.717) is 13.0 Å². The van der Waals surface area contributed by atoms with E-state index in [9.17, 15) is 9.59 Å². The standard InChI is InChI=1S/C23H27NO4/c1-27-20-11-9-18(10-12-20)13-16-24-21(25)17-28-22(26)23(14-5-6-15-23)19-7-3-2-4-8-19/h2-4,7-12H,5-6,13-17H2,1H3,(H,24,25). The number of hydrogen-bond acceptors (Lipinski definition) is 4. The van der Waals surface area contributed by atoms with Gasteiger partial charge in [0.25, 0.3) is 5.91 Å². The summed E-state index contributed by atoms with van der Waals surface area (Å²) in [6.45, 7) is 0.253. The van der Waals surface area contributed by atoms with Gasteiger partial charge in [-0.1, -0.05) is 55.3 Å². The van der Waals surface area contributed by atoms with E-state index in [2.05, 4.69) is 5.32 Å². The molecule has 0 aliphatic heterocycles. The molecule has 1 aliphatic rings. The molecule has 1 fully saturated rings. The first kappa shape index (κ1) is 19.9. The number of benzene rings is 2. The lowest BCUT2D eigenvalue weighted by Gasteiger charge is -2.27. The Balaban J connectivity index is 1.47. The van der Waals surface area contributed by atoms with Crippen LogP contribution in [0.2, 0.25) is 0 Å². The lowest BCUT2D eigenvalue weighted by atomic mass is 9.79. The summed E-state index contributed by atoms with van der Waals surface area (Å²) in [4.78, 5) is 24.9. The van der Waals surface area contributed by atoms with Crippen LogP contribution in [0.5, 0.6) is 5.75 Å². The predicted molar refractivity (Wildman–Crippen MR) is 107 cm³/mol. The summed E-state index contributed by atoms with van der Waals surface area (Å²) in [6.07, 6.45) is 4.25. The second-order valence-electron chi connectivity index (χ2n) is 7.18. The van der Waals surface area contributed by atoms with Crippen LogP contribution in [-0.2, 0) is 26.2 Å². The fraction of sp³-hybridized carbons (Fsp3) is 0.391. The van der Waals surface area contributed by atoms with Crippen molar-refractivity contribution in [3.05, 3.63) is 65.7 Å². The lowest BCUT2D eigenvalue weighted by Crippen LogP contribution is -2.38. The van der Waals surface area contributed by atoms with Gasteiger partial charge in [-0.25, -0.2) is 0 Å². The van der Waals surface area contributed by atoms with Gasteiger partial charge in [-0.3, -0.25) is 9.59 Å². The van der Waals surface area contributed by atoms with Crippen molar-refractivity contribution in [2.75, 3.05) is 20.3 Å². The monoisotopic (exact) mass is 381 g/mol. The Morgan fingerprint density at radius 2 is 1.68 bits per heavy atom. The molecule has 0 saturated heterocycles. The zero-order valence-corrected chi connectivity index (χ0v) is 16.3. The van der Waals surface area contributed by atoms with Gasteiger partial charge in [-0.15, -0.1) is 0 Å². The molecule has 0 unspecified atom stereocenters. The van der Waals surface area contributed by atoms with Crippen LogP contribution in [0.1, 0.15) is 36.8 Å². The number of nitrogens with one attached hydrogen (secondary N) is 1. The second-order valence-corrected chi connectivity index (χ2v) is 7.18. The highest BCUT2D eigenvalue weighted by atomic mass is 16.5. The highest BCUT2D eigenvalue weighted by Gasteiger charge is 2.44. The summed E-state index contributed by atoms with van der Waals surface area (Å²) in [5.74, 6) is 0.239. The zero-order valence-electron chi connectivity index (χ0n) is 16.3. The quantitative estimate of drug-likeness (QED) is 0.712. The lowest BCUT2D eigenvalue weighted by molar-refractivity contribution is -0.154. The molecule has 1 saturated carbocycles. The number of methoxy groups -OCH3 is 1. The first-order chi connectivity index (χ1) is 13.6. The Bertz CT molecular complexity index is 780. The highest BCUT2D eigenvalue weighted by Crippen LogP contribution is 2.42. The van der Waals surface area contributed by atoms with Gasteiger partial charge in [-0.2, -0.15) is 0 Å². The normalized spacial score (nSPS) is 15.0. The van der Waals surface area contributed by atoms with Crippen molar-refractivity contribution in [1.82, 2.24) is 5.32 Å². The van der Waals surface area contributed by atoms with Crippen molar-refractivity contribution in [3.63, 3.8) is 0 Å². The average molecular weight is 381 g/mol. The van der Waals surface area contributed by atoms with Crippen LogP contribution < -0.4 is 10.1 Å². The third kappa shape index (κ3) is 4.71. The van der Waals surface area contributed by atoms with Gasteiger partial charge in [0.1, 0.15) is 5.75 Å². The number of rotatable bonds is 8. The van der Waals surface area contributed by atoms with Crippen LogP contribution in [-0.4, -0.2) is 32.1 Å². The van der Waals surface area contributed by atoms with E-state index < -0.39 is 5.41 Å². The summed E-state index contributed by atoms with van der Waals surface area (Å²) in [5, 5.41) is 2.81. The molecule has 5 heteroatoms. The minimum atomic E-state index is -0.607. The Kier molecular flexibility index (Phi) is 6.69. The van der Waals surface area contributed by atoms with Crippen molar-refractivity contribution in [1.29, 1.82) is 0 Å². The molecule has 0 atom stereocenters. The summed E-state index contributed by atoms with van der Waals surface area (Å²) < 4.78 is 10.5. The SMILES string of the molecule is COc1ccc(CCNC(=O)COC(=O)C2(c3ccccc3)CCCC2)cc1. The molecular formula is C23H27NO4. The molecule has 1 amide bonds. The van der Waals surface area contributed by atoms with Crippen molar-refractivity contribution < 1.29 is 19.1 Å². The first-order valence-electron chi connectivity index (χ1n) is 9.76. The van der Waals surface area contributed by atoms with Gasteiger partial charge in [-0.05, 0) is 42.5 Å².